The molecule has 1 saturated heterocycles. The van der Waals surface area contributed by atoms with E-state index in [1.165, 1.54) is 12.8 Å². The summed E-state index contributed by atoms with van der Waals surface area (Å²) in [5.41, 5.74) is 2.60. The number of amides is 1. The summed E-state index contributed by atoms with van der Waals surface area (Å²) in [6.45, 7) is 4.88. The highest BCUT2D eigenvalue weighted by Crippen LogP contribution is 2.39. The highest BCUT2D eigenvalue weighted by Gasteiger charge is 2.41. The van der Waals surface area contributed by atoms with Gasteiger partial charge in [-0.05, 0) is 43.6 Å². The lowest BCUT2D eigenvalue weighted by Gasteiger charge is -2.35. The lowest BCUT2D eigenvalue weighted by molar-refractivity contribution is 0.0808. The molecule has 3 nitrogen and oxygen atoms in total. The standard InChI is InChI=1S/C20H27NO2/c1-3-16(4-2)17-12-18-10-11-19(13-17)21(18)20(22)23-14-15-8-6-5-7-9-15/h5-9,12,16,18-19H,3-4,10-11,13-14H2,1-2H3. The van der Waals surface area contributed by atoms with Gasteiger partial charge in [-0.3, -0.25) is 4.90 Å². The molecule has 0 N–H and O–H groups in total. The van der Waals surface area contributed by atoms with Crippen LogP contribution in [0.4, 0.5) is 4.79 Å². The summed E-state index contributed by atoms with van der Waals surface area (Å²) >= 11 is 0. The number of hydrogen-bond donors (Lipinski definition) is 0. The molecule has 124 valence electrons. The first-order chi connectivity index (χ1) is 11.2. The van der Waals surface area contributed by atoms with E-state index in [4.69, 9.17) is 4.74 Å². The predicted molar refractivity (Wildman–Crippen MR) is 92.0 cm³/mol. The fraction of sp³-hybridized carbons (Fsp3) is 0.550. The third-order valence-electron chi connectivity index (χ3n) is 5.35. The van der Waals surface area contributed by atoms with Gasteiger partial charge in [0.25, 0.3) is 0 Å². The van der Waals surface area contributed by atoms with E-state index in [9.17, 15) is 4.79 Å². The van der Waals surface area contributed by atoms with E-state index in [0.717, 1.165) is 24.8 Å². The Bertz CT molecular complexity index is 562. The number of rotatable bonds is 5. The fourth-order valence-electron chi connectivity index (χ4n) is 4.06. The van der Waals surface area contributed by atoms with Gasteiger partial charge in [0.2, 0.25) is 0 Å². The van der Waals surface area contributed by atoms with Crippen molar-refractivity contribution < 1.29 is 9.53 Å². The number of ether oxygens (including phenoxy) is 1. The molecular weight excluding hydrogens is 286 g/mol. The third-order valence-corrected chi connectivity index (χ3v) is 5.35. The van der Waals surface area contributed by atoms with Gasteiger partial charge in [-0.15, -0.1) is 0 Å². The second-order valence-corrected chi connectivity index (χ2v) is 6.71. The molecule has 0 saturated carbocycles. The Morgan fingerprint density at radius 3 is 2.61 bits per heavy atom. The Balaban J connectivity index is 1.64. The van der Waals surface area contributed by atoms with Crippen molar-refractivity contribution >= 4 is 6.09 Å². The monoisotopic (exact) mass is 313 g/mol. The molecule has 2 aliphatic rings. The molecule has 1 fully saturated rings. The molecule has 1 amide bonds. The van der Waals surface area contributed by atoms with E-state index < -0.39 is 0 Å². The number of carbonyl (C=O) groups excluding carboxylic acids is 1. The normalized spacial score (nSPS) is 23.1. The first-order valence-electron chi connectivity index (χ1n) is 8.92. The fourth-order valence-corrected chi connectivity index (χ4v) is 4.06. The molecule has 0 aromatic heterocycles. The molecule has 2 aliphatic heterocycles. The molecule has 23 heavy (non-hydrogen) atoms. The smallest absolute Gasteiger partial charge is 0.410 e. The van der Waals surface area contributed by atoms with Crippen molar-refractivity contribution in [2.45, 2.75) is 64.6 Å². The van der Waals surface area contributed by atoms with Crippen molar-refractivity contribution in [2.75, 3.05) is 0 Å². The van der Waals surface area contributed by atoms with Crippen molar-refractivity contribution in [2.24, 2.45) is 5.92 Å². The highest BCUT2D eigenvalue weighted by molar-refractivity contribution is 5.70. The van der Waals surface area contributed by atoms with Crippen LogP contribution in [0.25, 0.3) is 0 Å². The molecule has 2 heterocycles. The average Bonchev–Trinajstić information content (AvgIpc) is 2.85. The minimum Gasteiger partial charge on any atom is -0.445 e. The van der Waals surface area contributed by atoms with Crippen LogP contribution in [0.15, 0.2) is 42.0 Å². The number of nitrogens with zero attached hydrogens (tertiary/aromatic N) is 1. The number of hydrogen-bond acceptors (Lipinski definition) is 2. The van der Waals surface area contributed by atoms with Gasteiger partial charge in [0.15, 0.2) is 0 Å². The van der Waals surface area contributed by atoms with Gasteiger partial charge in [0, 0.05) is 6.04 Å². The zero-order chi connectivity index (χ0) is 16.2. The first-order valence-corrected chi connectivity index (χ1v) is 8.92. The third kappa shape index (κ3) is 3.44. The maximum atomic E-state index is 12.5. The molecule has 0 spiro atoms. The maximum Gasteiger partial charge on any atom is 0.410 e. The molecule has 0 aliphatic carbocycles. The van der Waals surface area contributed by atoms with Gasteiger partial charge in [-0.2, -0.15) is 0 Å². The zero-order valence-electron chi connectivity index (χ0n) is 14.2. The average molecular weight is 313 g/mol. The quantitative estimate of drug-likeness (QED) is 0.722. The summed E-state index contributed by atoms with van der Waals surface area (Å²) in [5, 5.41) is 0. The summed E-state index contributed by atoms with van der Waals surface area (Å²) in [7, 11) is 0. The lowest BCUT2D eigenvalue weighted by atomic mass is 9.87. The molecule has 1 aromatic rings. The van der Waals surface area contributed by atoms with Gasteiger partial charge in [-0.25, -0.2) is 4.79 Å². The van der Waals surface area contributed by atoms with Crippen LogP contribution in [0, 0.1) is 5.92 Å². The highest BCUT2D eigenvalue weighted by atomic mass is 16.6. The van der Waals surface area contributed by atoms with E-state index in [2.05, 4.69) is 19.9 Å². The zero-order valence-corrected chi connectivity index (χ0v) is 14.2. The van der Waals surface area contributed by atoms with Crippen molar-refractivity contribution in [1.82, 2.24) is 4.90 Å². The Morgan fingerprint density at radius 1 is 1.22 bits per heavy atom. The van der Waals surface area contributed by atoms with E-state index in [-0.39, 0.29) is 12.1 Å². The molecule has 2 bridgehead atoms. The molecule has 3 heteroatoms. The SMILES string of the molecule is CCC(CC)C1=CC2CCC(C1)N2C(=O)OCc1ccccc1. The van der Waals surface area contributed by atoms with E-state index >= 15 is 0 Å². The van der Waals surface area contributed by atoms with Crippen LogP contribution in [0.1, 0.15) is 51.5 Å². The van der Waals surface area contributed by atoms with Crippen LogP contribution in [-0.4, -0.2) is 23.1 Å². The van der Waals surface area contributed by atoms with Crippen molar-refractivity contribution in [3.8, 4) is 0 Å². The van der Waals surface area contributed by atoms with Crippen molar-refractivity contribution in [1.29, 1.82) is 0 Å². The Labute approximate surface area is 139 Å². The summed E-state index contributed by atoms with van der Waals surface area (Å²) in [4.78, 5) is 14.5. The van der Waals surface area contributed by atoms with Gasteiger partial charge >= 0.3 is 6.09 Å². The largest absolute Gasteiger partial charge is 0.445 e. The number of fused-ring (bicyclic) bond motifs is 2. The van der Waals surface area contributed by atoms with Gasteiger partial charge < -0.3 is 4.74 Å². The first kappa shape index (κ1) is 16.1. The van der Waals surface area contributed by atoms with E-state index in [1.54, 1.807) is 5.57 Å². The summed E-state index contributed by atoms with van der Waals surface area (Å²) < 4.78 is 5.55. The molecule has 2 atom stereocenters. The molecule has 2 unspecified atom stereocenters. The summed E-state index contributed by atoms with van der Waals surface area (Å²) in [6, 6.07) is 10.5. The molecule has 3 rings (SSSR count). The van der Waals surface area contributed by atoms with Crippen LogP contribution in [0.2, 0.25) is 0 Å². The van der Waals surface area contributed by atoms with Crippen molar-refractivity contribution in [3.05, 3.63) is 47.5 Å². The summed E-state index contributed by atoms with van der Waals surface area (Å²) in [5.74, 6) is 0.681. The van der Waals surface area contributed by atoms with E-state index in [1.807, 2.05) is 35.2 Å². The van der Waals surface area contributed by atoms with Gasteiger partial charge in [-0.1, -0.05) is 55.8 Å². The van der Waals surface area contributed by atoms with Crippen molar-refractivity contribution in [3.63, 3.8) is 0 Å². The van der Waals surface area contributed by atoms with Gasteiger partial charge in [0.05, 0.1) is 6.04 Å². The molecule has 0 radical (unpaired) electrons. The Morgan fingerprint density at radius 2 is 1.96 bits per heavy atom. The van der Waals surface area contributed by atoms with Crippen LogP contribution in [0.5, 0.6) is 0 Å². The van der Waals surface area contributed by atoms with Crippen LogP contribution in [0.3, 0.4) is 0 Å². The Hall–Kier alpha value is -1.77. The molecule has 1 aromatic carbocycles. The number of benzene rings is 1. The summed E-state index contributed by atoms with van der Waals surface area (Å²) in [6.07, 6.45) is 7.80. The second-order valence-electron chi connectivity index (χ2n) is 6.71. The second kappa shape index (κ2) is 7.20. The van der Waals surface area contributed by atoms with Crippen LogP contribution < -0.4 is 0 Å². The van der Waals surface area contributed by atoms with Crippen LogP contribution in [-0.2, 0) is 11.3 Å². The topological polar surface area (TPSA) is 29.5 Å². The van der Waals surface area contributed by atoms with Crippen LogP contribution >= 0.6 is 0 Å². The maximum absolute atomic E-state index is 12.5. The lowest BCUT2D eigenvalue weighted by Crippen LogP contribution is -2.44. The minimum atomic E-state index is -0.152. The predicted octanol–water partition coefficient (Wildman–Crippen LogP) is 4.92. The minimum absolute atomic E-state index is 0.152. The van der Waals surface area contributed by atoms with E-state index in [0.29, 0.717) is 18.6 Å². The molecular formula is C20H27NO2. The number of carbonyl (C=O) groups is 1. The van der Waals surface area contributed by atoms with Gasteiger partial charge in [0.1, 0.15) is 6.61 Å². The Kier molecular flexibility index (Phi) is 5.04.